The highest BCUT2D eigenvalue weighted by atomic mass is 16.6. The van der Waals surface area contributed by atoms with Gasteiger partial charge in [-0.2, -0.15) is 9.38 Å². The Hall–Kier alpha value is -2.93. The molecular formula is C18H21N5O2. The van der Waals surface area contributed by atoms with Gasteiger partial charge in [0.2, 0.25) is 11.5 Å². The van der Waals surface area contributed by atoms with Crippen molar-refractivity contribution in [2.75, 3.05) is 26.0 Å². The van der Waals surface area contributed by atoms with Gasteiger partial charge in [-0.05, 0) is 37.1 Å². The van der Waals surface area contributed by atoms with Crippen LogP contribution < -0.4 is 5.32 Å². The fourth-order valence-corrected chi connectivity index (χ4v) is 2.81. The average Bonchev–Trinajstić information content (AvgIpc) is 2.97. The van der Waals surface area contributed by atoms with Gasteiger partial charge in [-0.3, -0.25) is 0 Å². The van der Waals surface area contributed by atoms with Crippen molar-refractivity contribution in [3.05, 3.63) is 70.4 Å². The number of pyridine rings is 1. The molecule has 0 aliphatic rings. The summed E-state index contributed by atoms with van der Waals surface area (Å²) < 4.78 is 1.49. The van der Waals surface area contributed by atoms with E-state index in [4.69, 9.17) is 0 Å². The van der Waals surface area contributed by atoms with E-state index in [-0.39, 0.29) is 11.9 Å². The molecule has 2 heterocycles. The third-order valence-corrected chi connectivity index (χ3v) is 4.23. The lowest BCUT2D eigenvalue weighted by Gasteiger charge is -2.24. The summed E-state index contributed by atoms with van der Waals surface area (Å²) in [5.41, 5.74) is 1.79. The van der Waals surface area contributed by atoms with Crippen LogP contribution in [0.5, 0.6) is 0 Å². The molecule has 0 aliphatic carbocycles. The van der Waals surface area contributed by atoms with Crippen LogP contribution in [-0.2, 0) is 6.42 Å². The maximum atomic E-state index is 11.5. The van der Waals surface area contributed by atoms with Crippen molar-refractivity contribution < 1.29 is 4.92 Å². The fraction of sp³-hybridized carbons (Fsp3) is 0.278. The van der Waals surface area contributed by atoms with Gasteiger partial charge in [-0.1, -0.05) is 36.4 Å². The van der Waals surface area contributed by atoms with Crippen LogP contribution in [-0.4, -0.2) is 45.9 Å². The van der Waals surface area contributed by atoms with E-state index in [9.17, 15) is 10.1 Å². The van der Waals surface area contributed by atoms with Crippen LogP contribution in [0.15, 0.2) is 54.7 Å². The van der Waals surface area contributed by atoms with E-state index in [1.807, 2.05) is 38.4 Å². The zero-order valence-electron chi connectivity index (χ0n) is 14.3. The first kappa shape index (κ1) is 16.9. The molecule has 0 radical (unpaired) electrons. The minimum absolute atomic E-state index is 0.0344. The quantitative estimate of drug-likeness (QED) is 0.529. The molecule has 1 atom stereocenters. The van der Waals surface area contributed by atoms with Crippen LogP contribution in [0.2, 0.25) is 0 Å². The number of nitrogens with one attached hydrogen (secondary N) is 1. The number of likely N-dealkylation sites (N-methyl/N-ethyl adjacent to an activating group) is 1. The second-order valence-electron chi connectivity index (χ2n) is 6.16. The topological polar surface area (TPSA) is 75.7 Å². The first-order valence-corrected chi connectivity index (χ1v) is 8.12. The Balaban J connectivity index is 1.80. The summed E-state index contributed by atoms with van der Waals surface area (Å²) in [7, 11) is 4.01. The molecule has 2 aromatic heterocycles. The smallest absolute Gasteiger partial charge is 0.361 e. The summed E-state index contributed by atoms with van der Waals surface area (Å²) in [6, 6.07) is 15.7. The maximum Gasteiger partial charge on any atom is 0.372 e. The van der Waals surface area contributed by atoms with Crippen LogP contribution >= 0.6 is 0 Å². The van der Waals surface area contributed by atoms with Crippen LogP contribution in [0.1, 0.15) is 5.56 Å². The number of nitrogens with zero attached hydrogens (tertiary/aromatic N) is 4. The van der Waals surface area contributed by atoms with Gasteiger partial charge >= 0.3 is 5.82 Å². The highest BCUT2D eigenvalue weighted by Gasteiger charge is 2.23. The van der Waals surface area contributed by atoms with Gasteiger partial charge in [-0.25, -0.2) is 0 Å². The van der Waals surface area contributed by atoms with E-state index in [1.165, 1.54) is 9.96 Å². The van der Waals surface area contributed by atoms with Gasteiger partial charge in [0.05, 0.1) is 6.20 Å². The summed E-state index contributed by atoms with van der Waals surface area (Å²) in [6.45, 7) is 0.562. The molecule has 0 unspecified atom stereocenters. The van der Waals surface area contributed by atoms with Crippen molar-refractivity contribution in [1.82, 2.24) is 14.3 Å². The molecule has 3 rings (SSSR count). The monoisotopic (exact) mass is 339 g/mol. The second-order valence-corrected chi connectivity index (χ2v) is 6.16. The first-order chi connectivity index (χ1) is 12.1. The lowest BCUT2D eigenvalue weighted by molar-refractivity contribution is -0.389. The van der Waals surface area contributed by atoms with Crippen molar-refractivity contribution in [3.8, 4) is 0 Å². The van der Waals surface area contributed by atoms with E-state index in [1.54, 1.807) is 18.3 Å². The largest absolute Gasteiger partial charge is 0.372 e. The first-order valence-electron chi connectivity index (χ1n) is 8.12. The summed E-state index contributed by atoms with van der Waals surface area (Å²) in [5.74, 6) is 0.268. The van der Waals surface area contributed by atoms with Crippen LogP contribution in [0, 0.1) is 10.1 Å². The number of hydrogen-bond donors (Lipinski definition) is 1. The minimum atomic E-state index is -0.399. The number of aromatic nitrogens is 2. The molecule has 130 valence electrons. The molecule has 3 aromatic rings. The van der Waals surface area contributed by atoms with Gasteiger partial charge in [0.1, 0.15) is 0 Å². The Bertz CT molecular complexity index is 860. The number of benzene rings is 1. The molecule has 0 amide bonds. The molecule has 0 saturated carbocycles. The Morgan fingerprint density at radius 3 is 2.60 bits per heavy atom. The predicted octanol–water partition coefficient (Wildman–Crippen LogP) is 2.83. The predicted molar refractivity (Wildman–Crippen MR) is 98.0 cm³/mol. The highest BCUT2D eigenvalue weighted by molar-refractivity contribution is 5.62. The van der Waals surface area contributed by atoms with Gasteiger partial charge in [0.15, 0.2) is 0 Å². The average molecular weight is 339 g/mol. The van der Waals surface area contributed by atoms with Gasteiger partial charge in [0.25, 0.3) is 0 Å². The van der Waals surface area contributed by atoms with E-state index in [0.717, 1.165) is 6.42 Å². The van der Waals surface area contributed by atoms with Gasteiger partial charge in [-0.15, -0.1) is 0 Å². The van der Waals surface area contributed by atoms with Crippen molar-refractivity contribution >= 4 is 17.3 Å². The highest BCUT2D eigenvalue weighted by Crippen LogP contribution is 2.25. The summed E-state index contributed by atoms with van der Waals surface area (Å²) >= 11 is 0. The van der Waals surface area contributed by atoms with Crippen LogP contribution in [0.25, 0.3) is 5.65 Å². The van der Waals surface area contributed by atoms with Gasteiger partial charge in [0, 0.05) is 18.7 Å². The molecule has 7 nitrogen and oxygen atoms in total. The summed E-state index contributed by atoms with van der Waals surface area (Å²) in [6.07, 6.45) is 2.50. The number of anilines is 1. The summed E-state index contributed by atoms with van der Waals surface area (Å²) in [4.78, 5) is 17.5. The SMILES string of the molecule is CN(C)[C@H](CNc1nc2ccccn2c1[N+](=O)[O-])Cc1ccccc1. The Kier molecular flexibility index (Phi) is 4.95. The lowest BCUT2D eigenvalue weighted by atomic mass is 10.1. The Labute approximate surface area is 146 Å². The molecule has 0 bridgehead atoms. The van der Waals surface area contributed by atoms with Crippen molar-refractivity contribution in [1.29, 1.82) is 0 Å². The molecule has 0 fully saturated rings. The van der Waals surface area contributed by atoms with Crippen molar-refractivity contribution in [3.63, 3.8) is 0 Å². The molecule has 25 heavy (non-hydrogen) atoms. The second kappa shape index (κ2) is 7.31. The lowest BCUT2D eigenvalue weighted by Crippen LogP contribution is -2.36. The molecule has 0 aliphatic heterocycles. The zero-order chi connectivity index (χ0) is 17.8. The van der Waals surface area contributed by atoms with E-state index >= 15 is 0 Å². The number of fused-ring (bicyclic) bond motifs is 1. The van der Waals surface area contributed by atoms with E-state index in [2.05, 4.69) is 27.3 Å². The Morgan fingerprint density at radius 1 is 1.20 bits per heavy atom. The van der Waals surface area contributed by atoms with E-state index in [0.29, 0.717) is 18.0 Å². The maximum absolute atomic E-state index is 11.5. The van der Waals surface area contributed by atoms with Crippen molar-refractivity contribution in [2.24, 2.45) is 0 Å². The normalized spacial score (nSPS) is 12.4. The molecular weight excluding hydrogens is 318 g/mol. The zero-order valence-corrected chi connectivity index (χ0v) is 14.3. The summed E-state index contributed by atoms with van der Waals surface area (Å²) in [5, 5.41) is 14.6. The standard InChI is InChI=1S/C18H21N5O2/c1-21(2)15(12-14-8-4-3-5-9-14)13-19-17-18(23(24)25)22-11-7-6-10-16(22)20-17/h3-11,15,19H,12-13H2,1-2H3/t15-/m0/s1. The molecule has 0 spiro atoms. The number of rotatable bonds is 7. The fourth-order valence-electron chi connectivity index (χ4n) is 2.81. The number of imidazole rings is 1. The molecule has 7 heteroatoms. The number of nitro groups is 1. The van der Waals surface area contributed by atoms with Gasteiger partial charge < -0.3 is 20.3 Å². The third kappa shape index (κ3) is 3.77. The minimum Gasteiger partial charge on any atom is -0.361 e. The third-order valence-electron chi connectivity index (χ3n) is 4.23. The Morgan fingerprint density at radius 2 is 1.92 bits per heavy atom. The van der Waals surface area contributed by atoms with Crippen LogP contribution in [0.4, 0.5) is 11.6 Å². The molecule has 1 aromatic carbocycles. The van der Waals surface area contributed by atoms with Crippen molar-refractivity contribution in [2.45, 2.75) is 12.5 Å². The number of hydrogen-bond acceptors (Lipinski definition) is 5. The molecule has 1 N–H and O–H groups in total. The molecule has 0 saturated heterocycles. The van der Waals surface area contributed by atoms with Crippen LogP contribution in [0.3, 0.4) is 0 Å². The van der Waals surface area contributed by atoms with E-state index < -0.39 is 4.92 Å².